The third-order valence-corrected chi connectivity index (χ3v) is 5.22. The summed E-state index contributed by atoms with van der Waals surface area (Å²) in [6, 6.07) is 13.6. The zero-order valence-corrected chi connectivity index (χ0v) is 17.9. The third kappa shape index (κ3) is 6.36. The number of nitrogens with one attached hydrogen (secondary N) is 2. The zero-order valence-electron chi connectivity index (χ0n) is 17.1. The van der Waals surface area contributed by atoms with Gasteiger partial charge in [-0.15, -0.1) is 0 Å². The Hall–Kier alpha value is -3.26. The zero-order chi connectivity index (χ0) is 22.2. The molecule has 1 fully saturated rings. The molecule has 1 aliphatic rings. The van der Waals surface area contributed by atoms with Crippen molar-refractivity contribution in [2.24, 2.45) is 5.92 Å². The lowest BCUT2D eigenvalue weighted by Gasteiger charge is -2.31. The number of hydrogen-bond acceptors (Lipinski definition) is 5. The number of halogens is 1. The van der Waals surface area contributed by atoms with Crippen LogP contribution >= 0.6 is 11.6 Å². The number of piperidine rings is 1. The monoisotopic (exact) mass is 445 g/mol. The molecule has 9 heteroatoms. The van der Waals surface area contributed by atoms with Gasteiger partial charge in [-0.05, 0) is 49.1 Å². The van der Waals surface area contributed by atoms with Crippen LogP contribution in [0.2, 0.25) is 5.02 Å². The first kappa shape index (κ1) is 22.4. The molecule has 164 valence electrons. The van der Waals surface area contributed by atoms with Crippen molar-refractivity contribution in [3.63, 3.8) is 0 Å². The normalized spacial score (nSPS) is 13.9. The lowest BCUT2D eigenvalue weighted by Crippen LogP contribution is -2.44. The van der Waals surface area contributed by atoms with Crippen LogP contribution in [0.3, 0.4) is 0 Å². The van der Waals surface area contributed by atoms with Gasteiger partial charge in [0.25, 0.3) is 0 Å². The summed E-state index contributed by atoms with van der Waals surface area (Å²) in [6.07, 6.45) is 1.02. The predicted molar refractivity (Wildman–Crippen MR) is 116 cm³/mol. The van der Waals surface area contributed by atoms with Crippen molar-refractivity contribution in [3.05, 3.63) is 53.6 Å². The molecule has 2 aromatic rings. The Labute approximate surface area is 185 Å². The Kier molecular flexibility index (Phi) is 7.72. The van der Waals surface area contributed by atoms with E-state index in [1.54, 1.807) is 41.3 Å². The Morgan fingerprint density at radius 1 is 1.06 bits per heavy atom. The fourth-order valence-corrected chi connectivity index (χ4v) is 3.42. The van der Waals surface area contributed by atoms with Gasteiger partial charge in [-0.25, -0.2) is 4.79 Å². The number of methoxy groups -OCH3 is 1. The molecule has 0 unspecified atom stereocenters. The van der Waals surface area contributed by atoms with Crippen molar-refractivity contribution in [2.45, 2.75) is 12.8 Å². The molecule has 0 bridgehead atoms. The summed E-state index contributed by atoms with van der Waals surface area (Å²) < 4.78 is 10.5. The van der Waals surface area contributed by atoms with Crippen LogP contribution < -0.4 is 20.1 Å². The number of rotatable bonds is 5. The first-order valence-electron chi connectivity index (χ1n) is 9.91. The standard InChI is InChI=1S/C22H24ClN3O5/c1-30-19-8-7-16(23)13-18(19)25-21(28)20(27)24-14-15-9-11-26(12-10-15)22(29)31-17-5-3-2-4-6-17/h2-8,13,15H,9-12,14H2,1H3,(H,24,27)(H,25,28). The van der Waals surface area contributed by atoms with Crippen molar-refractivity contribution in [2.75, 3.05) is 32.1 Å². The molecule has 2 N–H and O–H groups in total. The van der Waals surface area contributed by atoms with Gasteiger partial charge in [-0.1, -0.05) is 29.8 Å². The topological polar surface area (TPSA) is 97.0 Å². The number of amides is 3. The van der Waals surface area contributed by atoms with Crippen molar-refractivity contribution in [1.29, 1.82) is 0 Å². The van der Waals surface area contributed by atoms with Gasteiger partial charge in [0.15, 0.2) is 0 Å². The molecular weight excluding hydrogens is 422 g/mol. The summed E-state index contributed by atoms with van der Waals surface area (Å²) in [5.41, 5.74) is 0.320. The molecule has 8 nitrogen and oxygen atoms in total. The summed E-state index contributed by atoms with van der Waals surface area (Å²) in [5, 5.41) is 5.57. The van der Waals surface area contributed by atoms with Gasteiger partial charge in [0.2, 0.25) is 0 Å². The highest BCUT2D eigenvalue weighted by molar-refractivity contribution is 6.40. The predicted octanol–water partition coefficient (Wildman–Crippen LogP) is 3.31. The minimum absolute atomic E-state index is 0.165. The Morgan fingerprint density at radius 2 is 1.77 bits per heavy atom. The van der Waals surface area contributed by atoms with Crippen LogP contribution in [0.15, 0.2) is 48.5 Å². The fraction of sp³-hybridized carbons (Fsp3) is 0.318. The molecule has 31 heavy (non-hydrogen) atoms. The number of ether oxygens (including phenoxy) is 2. The smallest absolute Gasteiger partial charge is 0.415 e. The molecule has 0 radical (unpaired) electrons. The number of anilines is 1. The van der Waals surface area contributed by atoms with Gasteiger partial charge in [-0.3, -0.25) is 9.59 Å². The fourth-order valence-electron chi connectivity index (χ4n) is 3.25. The maximum Gasteiger partial charge on any atom is 0.415 e. The minimum Gasteiger partial charge on any atom is -0.495 e. The number of benzene rings is 2. The first-order valence-corrected chi connectivity index (χ1v) is 10.3. The largest absolute Gasteiger partial charge is 0.495 e. The van der Waals surface area contributed by atoms with Crippen molar-refractivity contribution >= 4 is 35.2 Å². The minimum atomic E-state index is -0.801. The van der Waals surface area contributed by atoms with Crippen LogP contribution in [-0.2, 0) is 9.59 Å². The van der Waals surface area contributed by atoms with E-state index in [-0.39, 0.29) is 12.0 Å². The number of para-hydroxylation sites is 1. The van der Waals surface area contributed by atoms with Crippen LogP contribution in [0.1, 0.15) is 12.8 Å². The second-order valence-corrected chi connectivity index (χ2v) is 7.56. The number of carbonyl (C=O) groups is 3. The van der Waals surface area contributed by atoms with E-state index in [1.165, 1.54) is 13.2 Å². The van der Waals surface area contributed by atoms with Crippen LogP contribution in [0.25, 0.3) is 0 Å². The van der Waals surface area contributed by atoms with Gasteiger partial charge in [0.05, 0.1) is 12.8 Å². The van der Waals surface area contributed by atoms with Crippen LogP contribution in [0.5, 0.6) is 11.5 Å². The Morgan fingerprint density at radius 3 is 2.45 bits per heavy atom. The molecule has 1 heterocycles. The van der Waals surface area contributed by atoms with E-state index in [9.17, 15) is 14.4 Å². The van der Waals surface area contributed by atoms with Crippen molar-refractivity contribution < 1.29 is 23.9 Å². The maximum atomic E-state index is 12.2. The highest BCUT2D eigenvalue weighted by atomic mass is 35.5. The molecule has 0 atom stereocenters. The molecule has 0 aliphatic carbocycles. The van der Waals surface area contributed by atoms with E-state index in [2.05, 4.69) is 10.6 Å². The van der Waals surface area contributed by atoms with Gasteiger partial charge in [0.1, 0.15) is 11.5 Å². The molecule has 3 amide bonds. The van der Waals surface area contributed by atoms with Crippen LogP contribution in [-0.4, -0.2) is 49.6 Å². The van der Waals surface area contributed by atoms with Gasteiger partial charge in [0, 0.05) is 24.7 Å². The van der Waals surface area contributed by atoms with Crippen molar-refractivity contribution in [3.8, 4) is 11.5 Å². The average molecular weight is 446 g/mol. The van der Waals surface area contributed by atoms with Gasteiger partial charge >= 0.3 is 17.9 Å². The third-order valence-electron chi connectivity index (χ3n) is 4.99. The Bertz CT molecular complexity index is 930. The summed E-state index contributed by atoms with van der Waals surface area (Å²) in [7, 11) is 1.46. The second-order valence-electron chi connectivity index (χ2n) is 7.12. The van der Waals surface area contributed by atoms with Crippen LogP contribution in [0.4, 0.5) is 10.5 Å². The van der Waals surface area contributed by atoms with E-state index < -0.39 is 11.8 Å². The highest BCUT2D eigenvalue weighted by Gasteiger charge is 2.25. The van der Waals surface area contributed by atoms with E-state index in [0.717, 1.165) is 0 Å². The van der Waals surface area contributed by atoms with E-state index in [1.807, 2.05) is 6.07 Å². The van der Waals surface area contributed by atoms with Crippen molar-refractivity contribution in [1.82, 2.24) is 10.2 Å². The molecule has 1 aliphatic heterocycles. The lowest BCUT2D eigenvalue weighted by molar-refractivity contribution is -0.136. The molecule has 3 rings (SSSR count). The van der Waals surface area contributed by atoms with E-state index >= 15 is 0 Å². The van der Waals surface area contributed by atoms with Gasteiger partial charge in [-0.2, -0.15) is 0 Å². The number of hydrogen-bond donors (Lipinski definition) is 2. The quantitative estimate of drug-likeness (QED) is 0.688. The maximum absolute atomic E-state index is 12.2. The summed E-state index contributed by atoms with van der Waals surface area (Å²) in [6.45, 7) is 1.40. The van der Waals surface area contributed by atoms with E-state index in [0.29, 0.717) is 54.7 Å². The molecule has 0 saturated carbocycles. The number of likely N-dealkylation sites (tertiary alicyclic amines) is 1. The summed E-state index contributed by atoms with van der Waals surface area (Å²) >= 11 is 5.93. The molecule has 2 aromatic carbocycles. The molecular formula is C22H24ClN3O5. The molecule has 0 spiro atoms. The summed E-state index contributed by atoms with van der Waals surface area (Å²) in [5.74, 6) is -0.472. The highest BCUT2D eigenvalue weighted by Crippen LogP contribution is 2.27. The second kappa shape index (κ2) is 10.7. The molecule has 0 aromatic heterocycles. The van der Waals surface area contributed by atoms with E-state index in [4.69, 9.17) is 21.1 Å². The first-order chi connectivity index (χ1) is 15.0. The van der Waals surface area contributed by atoms with Gasteiger partial charge < -0.3 is 25.0 Å². The SMILES string of the molecule is COc1ccc(Cl)cc1NC(=O)C(=O)NCC1CCN(C(=O)Oc2ccccc2)CC1. The Balaban J connectivity index is 1.42. The average Bonchev–Trinajstić information content (AvgIpc) is 2.78. The lowest BCUT2D eigenvalue weighted by atomic mass is 9.97. The number of nitrogens with zero attached hydrogens (tertiary/aromatic N) is 1. The summed E-state index contributed by atoms with van der Waals surface area (Å²) in [4.78, 5) is 38.2. The number of carbonyl (C=O) groups excluding carboxylic acids is 3. The molecule has 1 saturated heterocycles. The van der Waals surface area contributed by atoms with Crippen LogP contribution in [0, 0.1) is 5.92 Å².